The van der Waals surface area contributed by atoms with Crippen molar-refractivity contribution in [3.8, 4) is 0 Å². The minimum absolute atomic E-state index is 0.123. The Morgan fingerprint density at radius 2 is 2.40 bits per heavy atom. The summed E-state index contributed by atoms with van der Waals surface area (Å²) in [4.78, 5) is 10.6. The molecule has 2 N–H and O–H groups in total. The Morgan fingerprint density at radius 1 is 1.60 bits per heavy atom. The summed E-state index contributed by atoms with van der Waals surface area (Å²) in [7, 11) is 0. The lowest BCUT2D eigenvalue weighted by Gasteiger charge is -2.05. The highest BCUT2D eigenvalue weighted by molar-refractivity contribution is 5.73. The van der Waals surface area contributed by atoms with Crippen molar-refractivity contribution in [2.75, 3.05) is 11.9 Å². The first-order valence-corrected chi connectivity index (χ1v) is 5.20. The van der Waals surface area contributed by atoms with Crippen molar-refractivity contribution < 1.29 is 9.90 Å². The Bertz CT molecular complexity index is 376. The number of rotatable bonds is 4. The van der Waals surface area contributed by atoms with E-state index in [-0.39, 0.29) is 5.92 Å². The minimum atomic E-state index is -0.661. The van der Waals surface area contributed by atoms with Crippen LogP contribution in [0.15, 0.2) is 24.3 Å². The summed E-state index contributed by atoms with van der Waals surface area (Å²) in [6.07, 6.45) is 0.814. The average Bonchev–Trinajstić information content (AvgIpc) is 2.94. The van der Waals surface area contributed by atoms with E-state index in [9.17, 15) is 4.79 Å². The summed E-state index contributed by atoms with van der Waals surface area (Å²) < 4.78 is 0. The molecule has 3 heteroatoms. The van der Waals surface area contributed by atoms with Crippen LogP contribution in [-0.4, -0.2) is 17.6 Å². The summed E-state index contributed by atoms with van der Waals surface area (Å²) in [5.41, 5.74) is 2.29. The maximum absolute atomic E-state index is 10.6. The number of anilines is 1. The smallest absolute Gasteiger partial charge is 0.306 e. The highest BCUT2D eigenvalue weighted by Gasteiger charge is 2.42. The molecule has 0 aromatic heterocycles. The zero-order chi connectivity index (χ0) is 10.8. The fourth-order valence-corrected chi connectivity index (χ4v) is 1.78. The lowest BCUT2D eigenvalue weighted by atomic mass is 10.2. The third kappa shape index (κ3) is 2.49. The SMILES string of the molecule is Cc1cccc(NCC2CC2C(=O)O)c1. The van der Waals surface area contributed by atoms with Crippen LogP contribution in [0.5, 0.6) is 0 Å². The van der Waals surface area contributed by atoms with Gasteiger partial charge in [0.25, 0.3) is 0 Å². The van der Waals surface area contributed by atoms with E-state index in [0.29, 0.717) is 5.92 Å². The second-order valence-electron chi connectivity index (χ2n) is 4.19. The maximum atomic E-state index is 10.6. The molecule has 0 amide bonds. The number of carboxylic acids is 1. The topological polar surface area (TPSA) is 49.3 Å². The van der Waals surface area contributed by atoms with E-state index in [0.717, 1.165) is 18.7 Å². The third-order valence-corrected chi connectivity index (χ3v) is 2.83. The molecule has 1 aromatic carbocycles. The van der Waals surface area contributed by atoms with Crippen molar-refractivity contribution in [2.45, 2.75) is 13.3 Å². The Morgan fingerprint density at radius 3 is 3.00 bits per heavy atom. The van der Waals surface area contributed by atoms with Crippen LogP contribution in [0.25, 0.3) is 0 Å². The molecule has 80 valence electrons. The fraction of sp³-hybridized carbons (Fsp3) is 0.417. The van der Waals surface area contributed by atoms with Crippen LogP contribution in [0.3, 0.4) is 0 Å². The number of carbonyl (C=O) groups is 1. The van der Waals surface area contributed by atoms with Gasteiger partial charge in [0.05, 0.1) is 5.92 Å². The molecule has 1 saturated carbocycles. The molecule has 0 bridgehead atoms. The van der Waals surface area contributed by atoms with Crippen LogP contribution in [0.4, 0.5) is 5.69 Å². The molecule has 0 spiro atoms. The lowest BCUT2D eigenvalue weighted by molar-refractivity contribution is -0.138. The summed E-state index contributed by atoms with van der Waals surface area (Å²) >= 11 is 0. The standard InChI is InChI=1S/C12H15NO2/c1-8-3-2-4-10(5-8)13-7-9-6-11(9)12(14)15/h2-5,9,11,13H,6-7H2,1H3,(H,14,15). The van der Waals surface area contributed by atoms with Crippen molar-refractivity contribution in [1.82, 2.24) is 0 Å². The first-order valence-electron chi connectivity index (χ1n) is 5.20. The third-order valence-electron chi connectivity index (χ3n) is 2.83. The van der Waals surface area contributed by atoms with Crippen molar-refractivity contribution in [3.63, 3.8) is 0 Å². The Kier molecular flexibility index (Phi) is 2.62. The van der Waals surface area contributed by atoms with E-state index in [1.165, 1.54) is 5.56 Å². The van der Waals surface area contributed by atoms with E-state index in [1.54, 1.807) is 0 Å². The predicted molar refractivity (Wildman–Crippen MR) is 58.9 cm³/mol. The van der Waals surface area contributed by atoms with Crippen molar-refractivity contribution >= 4 is 11.7 Å². The monoisotopic (exact) mass is 205 g/mol. The molecule has 3 nitrogen and oxygen atoms in total. The number of aliphatic carboxylic acids is 1. The maximum Gasteiger partial charge on any atom is 0.306 e. The van der Waals surface area contributed by atoms with Gasteiger partial charge in [-0.1, -0.05) is 12.1 Å². The number of nitrogens with one attached hydrogen (secondary N) is 1. The molecule has 0 aliphatic heterocycles. The van der Waals surface area contributed by atoms with Crippen LogP contribution < -0.4 is 5.32 Å². The highest BCUT2D eigenvalue weighted by Crippen LogP contribution is 2.38. The predicted octanol–water partition coefficient (Wildman–Crippen LogP) is 2.13. The van der Waals surface area contributed by atoms with Gasteiger partial charge >= 0.3 is 5.97 Å². The second kappa shape index (κ2) is 3.93. The Hall–Kier alpha value is -1.51. The van der Waals surface area contributed by atoms with Gasteiger partial charge in [0.2, 0.25) is 0 Å². The summed E-state index contributed by atoms with van der Waals surface area (Å²) in [5, 5.41) is 12.0. The van der Waals surface area contributed by atoms with Gasteiger partial charge in [-0.3, -0.25) is 4.79 Å². The molecule has 1 fully saturated rings. The van der Waals surface area contributed by atoms with Crippen molar-refractivity contribution in [2.24, 2.45) is 11.8 Å². The molecule has 2 unspecified atom stereocenters. The van der Waals surface area contributed by atoms with Gasteiger partial charge < -0.3 is 10.4 Å². The molecule has 0 heterocycles. The van der Waals surface area contributed by atoms with Gasteiger partial charge in [-0.25, -0.2) is 0 Å². The fourth-order valence-electron chi connectivity index (χ4n) is 1.78. The number of hydrogen-bond acceptors (Lipinski definition) is 2. The molecule has 2 atom stereocenters. The van der Waals surface area contributed by atoms with Gasteiger partial charge in [0, 0.05) is 12.2 Å². The lowest BCUT2D eigenvalue weighted by Crippen LogP contribution is -2.08. The molecule has 15 heavy (non-hydrogen) atoms. The molecule has 2 rings (SSSR count). The van der Waals surface area contributed by atoms with Gasteiger partial charge in [-0.2, -0.15) is 0 Å². The van der Waals surface area contributed by atoms with Crippen LogP contribution in [0.1, 0.15) is 12.0 Å². The normalized spacial score (nSPS) is 23.5. The van der Waals surface area contributed by atoms with Gasteiger partial charge in [0.15, 0.2) is 0 Å². The summed E-state index contributed by atoms with van der Waals surface area (Å²) in [5.74, 6) is -0.476. The van der Waals surface area contributed by atoms with Crippen molar-refractivity contribution in [1.29, 1.82) is 0 Å². The highest BCUT2D eigenvalue weighted by atomic mass is 16.4. The molecule has 1 aromatic rings. The Balaban J connectivity index is 1.82. The average molecular weight is 205 g/mol. The summed E-state index contributed by atoms with van der Waals surface area (Å²) in [6.45, 7) is 2.81. The van der Waals surface area contributed by atoms with E-state index in [4.69, 9.17) is 5.11 Å². The second-order valence-corrected chi connectivity index (χ2v) is 4.19. The van der Waals surface area contributed by atoms with E-state index >= 15 is 0 Å². The molecule has 0 radical (unpaired) electrons. The number of benzene rings is 1. The van der Waals surface area contributed by atoms with Crippen LogP contribution in [-0.2, 0) is 4.79 Å². The molecule has 0 saturated heterocycles. The minimum Gasteiger partial charge on any atom is -0.481 e. The molecular formula is C12H15NO2. The first kappa shape index (κ1) is 10.0. The zero-order valence-electron chi connectivity index (χ0n) is 8.73. The first-order chi connectivity index (χ1) is 7.16. The molecule has 1 aliphatic rings. The van der Waals surface area contributed by atoms with E-state index in [1.807, 2.05) is 25.1 Å². The van der Waals surface area contributed by atoms with Crippen LogP contribution in [0.2, 0.25) is 0 Å². The quantitative estimate of drug-likeness (QED) is 0.791. The van der Waals surface area contributed by atoms with Gasteiger partial charge in [-0.15, -0.1) is 0 Å². The number of aryl methyl sites for hydroxylation is 1. The largest absolute Gasteiger partial charge is 0.481 e. The van der Waals surface area contributed by atoms with Crippen LogP contribution in [0, 0.1) is 18.8 Å². The number of carboxylic acid groups (broad SMARTS) is 1. The number of hydrogen-bond donors (Lipinski definition) is 2. The molecule has 1 aliphatic carbocycles. The Labute approximate surface area is 89.1 Å². The summed E-state index contributed by atoms with van der Waals surface area (Å²) in [6, 6.07) is 8.12. The van der Waals surface area contributed by atoms with E-state index < -0.39 is 5.97 Å². The van der Waals surface area contributed by atoms with E-state index in [2.05, 4.69) is 11.4 Å². The van der Waals surface area contributed by atoms with Gasteiger partial charge in [0.1, 0.15) is 0 Å². The molecular weight excluding hydrogens is 190 g/mol. The van der Waals surface area contributed by atoms with Crippen molar-refractivity contribution in [3.05, 3.63) is 29.8 Å². The van der Waals surface area contributed by atoms with Crippen LogP contribution >= 0.6 is 0 Å². The zero-order valence-corrected chi connectivity index (χ0v) is 8.73. The van der Waals surface area contributed by atoms with Gasteiger partial charge in [-0.05, 0) is 37.0 Å².